The van der Waals surface area contributed by atoms with E-state index in [1.165, 1.54) is 12.8 Å². The lowest BCUT2D eigenvalue weighted by Gasteiger charge is -2.31. The van der Waals surface area contributed by atoms with Crippen molar-refractivity contribution >= 4 is 11.6 Å². The molecule has 1 spiro atoms. The van der Waals surface area contributed by atoms with Gasteiger partial charge in [-0.05, 0) is 37.8 Å². The van der Waals surface area contributed by atoms with Crippen LogP contribution in [0.4, 0.5) is 5.69 Å². The van der Waals surface area contributed by atoms with Crippen molar-refractivity contribution in [1.82, 2.24) is 0 Å². The number of rotatable bonds is 2. The van der Waals surface area contributed by atoms with Crippen molar-refractivity contribution in [2.45, 2.75) is 57.2 Å². The van der Waals surface area contributed by atoms with Gasteiger partial charge in [-0.3, -0.25) is 4.79 Å². The van der Waals surface area contributed by atoms with Crippen LogP contribution in [0.25, 0.3) is 0 Å². The van der Waals surface area contributed by atoms with E-state index in [0.717, 1.165) is 55.7 Å². The Bertz CT molecular complexity index is 559. The standard InChI is InChI=1S/C17H21NO3/c19-16(12-5-4-6-12)18-13-7-8-14-15(11-13)21-17(20-14)9-2-1-3-10-17/h7-8,11-12H,1-6,9-10H2,(H,18,19). The Labute approximate surface area is 124 Å². The number of amides is 1. The zero-order chi connectivity index (χ0) is 14.3. The molecule has 2 fully saturated rings. The molecule has 0 radical (unpaired) electrons. The van der Waals surface area contributed by atoms with E-state index in [0.29, 0.717) is 0 Å². The van der Waals surface area contributed by atoms with Gasteiger partial charge in [0.15, 0.2) is 11.5 Å². The number of hydrogen-bond donors (Lipinski definition) is 1. The minimum absolute atomic E-state index is 0.132. The molecule has 1 aromatic carbocycles. The summed E-state index contributed by atoms with van der Waals surface area (Å²) < 4.78 is 12.1. The van der Waals surface area contributed by atoms with Gasteiger partial charge in [0.1, 0.15) is 0 Å². The van der Waals surface area contributed by atoms with Gasteiger partial charge in [0.05, 0.1) is 0 Å². The first-order valence-corrected chi connectivity index (χ1v) is 8.07. The van der Waals surface area contributed by atoms with Crippen LogP contribution in [0.3, 0.4) is 0 Å². The van der Waals surface area contributed by atoms with E-state index >= 15 is 0 Å². The van der Waals surface area contributed by atoms with Crippen LogP contribution in [0.15, 0.2) is 18.2 Å². The Balaban J connectivity index is 1.48. The molecule has 0 unspecified atom stereocenters. The SMILES string of the molecule is O=C(Nc1ccc2c(c1)OC1(CCCCC1)O2)C1CCC1. The number of benzene rings is 1. The zero-order valence-electron chi connectivity index (χ0n) is 12.2. The molecule has 0 bridgehead atoms. The van der Waals surface area contributed by atoms with Crippen LogP contribution >= 0.6 is 0 Å². The van der Waals surface area contributed by atoms with Gasteiger partial charge in [0.25, 0.3) is 5.79 Å². The molecule has 1 heterocycles. The summed E-state index contributed by atoms with van der Waals surface area (Å²) in [6.45, 7) is 0. The third kappa shape index (κ3) is 2.37. The van der Waals surface area contributed by atoms with Gasteiger partial charge < -0.3 is 14.8 Å². The smallest absolute Gasteiger partial charge is 0.251 e. The second kappa shape index (κ2) is 4.93. The van der Waals surface area contributed by atoms with Crippen molar-refractivity contribution < 1.29 is 14.3 Å². The lowest BCUT2D eigenvalue weighted by molar-refractivity contribution is -0.122. The predicted molar refractivity (Wildman–Crippen MR) is 79.5 cm³/mol. The van der Waals surface area contributed by atoms with Crippen molar-refractivity contribution in [3.05, 3.63) is 18.2 Å². The molecule has 21 heavy (non-hydrogen) atoms. The van der Waals surface area contributed by atoms with Crippen LogP contribution in [0, 0.1) is 5.92 Å². The summed E-state index contributed by atoms with van der Waals surface area (Å²) in [5.74, 6) is 1.45. The highest BCUT2D eigenvalue weighted by atomic mass is 16.7. The van der Waals surface area contributed by atoms with Crippen molar-refractivity contribution in [2.24, 2.45) is 5.92 Å². The van der Waals surface area contributed by atoms with Gasteiger partial charge in [-0.1, -0.05) is 12.8 Å². The summed E-state index contributed by atoms with van der Waals surface area (Å²) in [6, 6.07) is 5.71. The van der Waals surface area contributed by atoms with Crippen molar-refractivity contribution in [3.8, 4) is 11.5 Å². The van der Waals surface area contributed by atoms with Crippen LogP contribution in [0.1, 0.15) is 51.4 Å². The molecule has 1 amide bonds. The molecule has 2 saturated carbocycles. The van der Waals surface area contributed by atoms with E-state index in [1.807, 2.05) is 18.2 Å². The second-order valence-electron chi connectivity index (χ2n) is 6.45. The van der Waals surface area contributed by atoms with Gasteiger partial charge in [0.2, 0.25) is 5.91 Å². The molecular weight excluding hydrogens is 266 g/mol. The Kier molecular flexibility index (Phi) is 3.05. The van der Waals surface area contributed by atoms with E-state index in [1.54, 1.807) is 0 Å². The number of carbonyl (C=O) groups is 1. The number of anilines is 1. The molecule has 2 aliphatic carbocycles. The molecule has 112 valence electrons. The van der Waals surface area contributed by atoms with Crippen molar-refractivity contribution in [2.75, 3.05) is 5.32 Å². The lowest BCUT2D eigenvalue weighted by Crippen LogP contribution is -2.40. The maximum atomic E-state index is 12.0. The third-order valence-electron chi connectivity index (χ3n) is 4.89. The number of hydrogen-bond acceptors (Lipinski definition) is 3. The topological polar surface area (TPSA) is 47.6 Å². The normalized spacial score (nSPS) is 22.9. The Morgan fingerprint density at radius 2 is 1.81 bits per heavy atom. The fraction of sp³-hybridized carbons (Fsp3) is 0.588. The van der Waals surface area contributed by atoms with E-state index < -0.39 is 5.79 Å². The molecule has 1 aromatic rings. The summed E-state index contributed by atoms with van der Waals surface area (Å²) in [5.41, 5.74) is 0.808. The van der Waals surface area contributed by atoms with Crippen LogP contribution in [-0.2, 0) is 4.79 Å². The maximum Gasteiger partial charge on any atom is 0.251 e. The molecule has 0 atom stereocenters. The van der Waals surface area contributed by atoms with Crippen LogP contribution in [0.2, 0.25) is 0 Å². The quantitative estimate of drug-likeness (QED) is 0.898. The number of carbonyl (C=O) groups excluding carboxylic acids is 1. The summed E-state index contributed by atoms with van der Waals surface area (Å²) >= 11 is 0. The van der Waals surface area contributed by atoms with Gasteiger partial charge in [-0.2, -0.15) is 0 Å². The zero-order valence-corrected chi connectivity index (χ0v) is 12.2. The number of ether oxygens (including phenoxy) is 2. The first kappa shape index (κ1) is 13.0. The molecule has 4 nitrogen and oxygen atoms in total. The Morgan fingerprint density at radius 3 is 2.52 bits per heavy atom. The van der Waals surface area contributed by atoms with E-state index in [4.69, 9.17) is 9.47 Å². The first-order chi connectivity index (χ1) is 10.2. The monoisotopic (exact) mass is 287 g/mol. The third-order valence-corrected chi connectivity index (χ3v) is 4.89. The fourth-order valence-electron chi connectivity index (χ4n) is 3.38. The fourth-order valence-corrected chi connectivity index (χ4v) is 3.38. The van der Waals surface area contributed by atoms with Gasteiger partial charge in [0, 0.05) is 30.5 Å². The van der Waals surface area contributed by atoms with Gasteiger partial charge in [-0.15, -0.1) is 0 Å². The highest BCUT2D eigenvalue weighted by molar-refractivity contribution is 5.93. The number of fused-ring (bicyclic) bond motifs is 1. The first-order valence-electron chi connectivity index (χ1n) is 8.07. The van der Waals surface area contributed by atoms with E-state index in [9.17, 15) is 4.79 Å². The summed E-state index contributed by atoms with van der Waals surface area (Å²) in [4.78, 5) is 12.0. The largest absolute Gasteiger partial charge is 0.448 e. The van der Waals surface area contributed by atoms with Crippen molar-refractivity contribution in [1.29, 1.82) is 0 Å². The molecule has 0 aromatic heterocycles. The van der Waals surface area contributed by atoms with Crippen molar-refractivity contribution in [3.63, 3.8) is 0 Å². The number of nitrogens with one attached hydrogen (secondary N) is 1. The lowest BCUT2D eigenvalue weighted by atomic mass is 9.85. The molecule has 0 saturated heterocycles. The summed E-state index contributed by atoms with van der Waals surface area (Å²) in [7, 11) is 0. The summed E-state index contributed by atoms with van der Waals surface area (Å²) in [5, 5.41) is 2.99. The highest BCUT2D eigenvalue weighted by Gasteiger charge is 2.42. The predicted octanol–water partition coefficient (Wildman–Crippen LogP) is 3.86. The second-order valence-corrected chi connectivity index (χ2v) is 6.45. The molecular formula is C17H21NO3. The minimum atomic E-state index is -0.447. The van der Waals surface area contributed by atoms with Crippen LogP contribution < -0.4 is 14.8 Å². The maximum absolute atomic E-state index is 12.0. The Morgan fingerprint density at radius 1 is 1.05 bits per heavy atom. The minimum Gasteiger partial charge on any atom is -0.448 e. The van der Waals surface area contributed by atoms with Crippen LogP contribution in [-0.4, -0.2) is 11.7 Å². The van der Waals surface area contributed by atoms with Crippen LogP contribution in [0.5, 0.6) is 11.5 Å². The molecule has 4 rings (SSSR count). The Hall–Kier alpha value is -1.71. The van der Waals surface area contributed by atoms with Gasteiger partial charge in [-0.25, -0.2) is 0 Å². The molecule has 1 aliphatic heterocycles. The van der Waals surface area contributed by atoms with E-state index in [2.05, 4.69) is 5.32 Å². The molecule has 1 N–H and O–H groups in total. The average molecular weight is 287 g/mol. The summed E-state index contributed by atoms with van der Waals surface area (Å²) in [6.07, 6.45) is 8.66. The van der Waals surface area contributed by atoms with E-state index in [-0.39, 0.29) is 11.8 Å². The average Bonchev–Trinajstić information content (AvgIpc) is 2.74. The van der Waals surface area contributed by atoms with Gasteiger partial charge >= 0.3 is 0 Å². The molecule has 3 aliphatic rings. The highest BCUT2D eigenvalue weighted by Crippen LogP contribution is 2.46. The molecule has 4 heteroatoms.